The first-order valence-corrected chi connectivity index (χ1v) is 8.98. The quantitative estimate of drug-likeness (QED) is 0.486. The summed E-state index contributed by atoms with van der Waals surface area (Å²) in [5, 5.41) is 6.16. The van der Waals surface area contributed by atoms with Gasteiger partial charge in [0.2, 0.25) is 4.96 Å². The van der Waals surface area contributed by atoms with Gasteiger partial charge in [-0.05, 0) is 24.6 Å². The van der Waals surface area contributed by atoms with Crippen LogP contribution in [0.2, 0.25) is 5.02 Å². The number of aromatic nitrogens is 3. The molecule has 2 aromatic heterocycles. The van der Waals surface area contributed by atoms with Crippen molar-refractivity contribution in [3.63, 3.8) is 0 Å². The topological polar surface area (TPSA) is 47.3 Å². The minimum absolute atomic E-state index is 0.462. The van der Waals surface area contributed by atoms with Crippen molar-refractivity contribution in [1.82, 2.24) is 14.6 Å². The van der Waals surface area contributed by atoms with Crippen LogP contribution in [0.5, 0.6) is 0 Å². The number of aryl methyl sites for hydroxylation is 1. The van der Waals surface area contributed by atoms with Crippen LogP contribution in [-0.4, -0.2) is 20.9 Å². The molecule has 0 aliphatic carbocycles. The van der Waals surface area contributed by atoms with Gasteiger partial charge in [-0.1, -0.05) is 64.9 Å². The molecule has 0 aliphatic heterocycles. The van der Waals surface area contributed by atoms with Crippen molar-refractivity contribution in [3.05, 3.63) is 75.4 Å². The molecule has 6 heteroatoms. The number of halogens is 1. The maximum atomic E-state index is 11.6. The predicted octanol–water partition coefficient (Wildman–Crippen LogP) is 4.82. The molecule has 0 saturated carbocycles. The van der Waals surface area contributed by atoms with Gasteiger partial charge in [-0.2, -0.15) is 9.61 Å². The Labute approximate surface area is 153 Å². The standard InChI is InChI=1S/C19H14ClN3OS/c1-12-2-4-13(5-3-12)10-17-22-23-16(11-24)18(21-19(23)25-17)14-6-8-15(20)9-7-14/h2-9,11H,10H2,1H3. The van der Waals surface area contributed by atoms with Crippen LogP contribution < -0.4 is 0 Å². The molecule has 0 spiro atoms. The highest BCUT2D eigenvalue weighted by atomic mass is 35.5. The largest absolute Gasteiger partial charge is 0.296 e. The van der Waals surface area contributed by atoms with Crippen molar-refractivity contribution in [2.75, 3.05) is 0 Å². The van der Waals surface area contributed by atoms with Crippen molar-refractivity contribution in [2.24, 2.45) is 0 Å². The van der Waals surface area contributed by atoms with Crippen LogP contribution in [-0.2, 0) is 6.42 Å². The summed E-state index contributed by atoms with van der Waals surface area (Å²) in [6.07, 6.45) is 1.53. The van der Waals surface area contributed by atoms with E-state index in [0.717, 1.165) is 23.3 Å². The minimum Gasteiger partial charge on any atom is -0.296 e. The average Bonchev–Trinajstić information content (AvgIpc) is 3.14. The zero-order chi connectivity index (χ0) is 17.4. The molecule has 0 atom stereocenters. The third-order valence-corrected chi connectivity index (χ3v) is 5.15. The van der Waals surface area contributed by atoms with Crippen LogP contribution >= 0.6 is 22.9 Å². The maximum absolute atomic E-state index is 11.6. The Morgan fingerprint density at radius 1 is 1.12 bits per heavy atom. The Balaban J connectivity index is 1.72. The van der Waals surface area contributed by atoms with E-state index in [1.165, 1.54) is 22.5 Å². The van der Waals surface area contributed by atoms with E-state index in [-0.39, 0.29) is 0 Å². The zero-order valence-electron chi connectivity index (χ0n) is 13.4. The number of rotatable bonds is 4. The lowest BCUT2D eigenvalue weighted by molar-refractivity contribution is 0.111. The molecule has 2 aromatic carbocycles. The van der Waals surface area contributed by atoms with E-state index >= 15 is 0 Å². The molecule has 4 nitrogen and oxygen atoms in total. The first-order chi connectivity index (χ1) is 12.1. The Bertz CT molecular complexity index is 1050. The van der Waals surface area contributed by atoms with Crippen LogP contribution in [0, 0.1) is 6.92 Å². The number of hydrogen-bond acceptors (Lipinski definition) is 4. The van der Waals surface area contributed by atoms with Gasteiger partial charge in [-0.3, -0.25) is 4.79 Å². The summed E-state index contributed by atoms with van der Waals surface area (Å²) in [6, 6.07) is 15.7. The lowest BCUT2D eigenvalue weighted by Gasteiger charge is -1.99. The molecule has 0 saturated heterocycles. The van der Waals surface area contributed by atoms with Gasteiger partial charge in [0, 0.05) is 17.0 Å². The summed E-state index contributed by atoms with van der Waals surface area (Å²) >= 11 is 7.43. The molecule has 124 valence electrons. The Kier molecular flexibility index (Phi) is 4.11. The number of carbonyl (C=O) groups is 1. The predicted molar refractivity (Wildman–Crippen MR) is 101 cm³/mol. The van der Waals surface area contributed by atoms with Gasteiger partial charge in [0.25, 0.3) is 0 Å². The second-order valence-corrected chi connectivity index (χ2v) is 7.30. The van der Waals surface area contributed by atoms with Crippen LogP contribution in [0.4, 0.5) is 0 Å². The normalized spacial score (nSPS) is 11.1. The second kappa shape index (κ2) is 6.43. The molecular weight excluding hydrogens is 354 g/mol. The lowest BCUT2D eigenvalue weighted by Crippen LogP contribution is -1.96. The summed E-state index contributed by atoms with van der Waals surface area (Å²) in [5.41, 5.74) is 4.36. The summed E-state index contributed by atoms with van der Waals surface area (Å²) in [6.45, 7) is 2.07. The monoisotopic (exact) mass is 367 g/mol. The summed E-state index contributed by atoms with van der Waals surface area (Å²) in [5.74, 6) is 0. The van der Waals surface area contributed by atoms with Crippen LogP contribution in [0.3, 0.4) is 0 Å². The summed E-state index contributed by atoms with van der Waals surface area (Å²) in [4.78, 5) is 16.9. The third-order valence-electron chi connectivity index (χ3n) is 3.99. The van der Waals surface area contributed by atoms with E-state index in [2.05, 4.69) is 41.3 Å². The smallest absolute Gasteiger partial charge is 0.213 e. The minimum atomic E-state index is 0.462. The van der Waals surface area contributed by atoms with E-state index in [1.54, 1.807) is 16.6 Å². The number of nitrogens with zero attached hydrogens (tertiary/aromatic N) is 3. The number of aldehydes is 1. The Morgan fingerprint density at radius 2 is 1.84 bits per heavy atom. The summed E-state index contributed by atoms with van der Waals surface area (Å²) < 4.78 is 1.63. The lowest BCUT2D eigenvalue weighted by atomic mass is 10.1. The molecule has 0 aliphatic rings. The van der Waals surface area contributed by atoms with E-state index in [0.29, 0.717) is 21.4 Å². The molecule has 0 amide bonds. The maximum Gasteiger partial charge on any atom is 0.213 e. The van der Waals surface area contributed by atoms with Crippen molar-refractivity contribution in [3.8, 4) is 11.3 Å². The van der Waals surface area contributed by atoms with Crippen molar-refractivity contribution < 1.29 is 4.79 Å². The van der Waals surface area contributed by atoms with E-state index in [4.69, 9.17) is 11.6 Å². The molecule has 2 heterocycles. The number of imidazole rings is 1. The molecular formula is C19H14ClN3OS. The highest BCUT2D eigenvalue weighted by Gasteiger charge is 2.17. The number of carbonyl (C=O) groups excluding carboxylic acids is 1. The van der Waals surface area contributed by atoms with E-state index < -0.39 is 0 Å². The van der Waals surface area contributed by atoms with Crippen molar-refractivity contribution in [1.29, 1.82) is 0 Å². The van der Waals surface area contributed by atoms with Gasteiger partial charge in [0.05, 0.1) is 0 Å². The fourth-order valence-corrected chi connectivity index (χ4v) is 3.74. The Hall–Kier alpha value is -2.50. The van der Waals surface area contributed by atoms with Crippen LogP contribution in [0.1, 0.15) is 26.6 Å². The van der Waals surface area contributed by atoms with E-state index in [9.17, 15) is 4.79 Å². The average molecular weight is 368 g/mol. The van der Waals surface area contributed by atoms with Gasteiger partial charge < -0.3 is 0 Å². The molecule has 0 bridgehead atoms. The SMILES string of the molecule is Cc1ccc(Cc2nn3c(C=O)c(-c4ccc(Cl)cc4)nc3s2)cc1. The zero-order valence-corrected chi connectivity index (χ0v) is 15.0. The van der Waals surface area contributed by atoms with E-state index in [1.807, 2.05) is 12.1 Å². The third kappa shape index (κ3) is 3.08. The first-order valence-electron chi connectivity index (χ1n) is 7.79. The Morgan fingerprint density at radius 3 is 2.52 bits per heavy atom. The number of benzene rings is 2. The van der Waals surface area contributed by atoms with Crippen LogP contribution in [0.25, 0.3) is 16.2 Å². The summed E-state index contributed by atoms with van der Waals surface area (Å²) in [7, 11) is 0. The molecule has 4 aromatic rings. The van der Waals surface area contributed by atoms with Gasteiger partial charge >= 0.3 is 0 Å². The second-order valence-electron chi connectivity index (χ2n) is 5.82. The van der Waals surface area contributed by atoms with Gasteiger partial charge in [-0.15, -0.1) is 0 Å². The molecule has 0 unspecified atom stereocenters. The molecule has 0 radical (unpaired) electrons. The molecule has 25 heavy (non-hydrogen) atoms. The van der Waals surface area contributed by atoms with Crippen molar-refractivity contribution >= 4 is 34.2 Å². The highest BCUT2D eigenvalue weighted by molar-refractivity contribution is 7.16. The molecule has 0 fully saturated rings. The number of fused-ring (bicyclic) bond motifs is 1. The van der Waals surface area contributed by atoms with Gasteiger partial charge in [0.1, 0.15) is 16.4 Å². The van der Waals surface area contributed by atoms with Gasteiger partial charge in [0.15, 0.2) is 6.29 Å². The van der Waals surface area contributed by atoms with Crippen molar-refractivity contribution in [2.45, 2.75) is 13.3 Å². The fourth-order valence-electron chi connectivity index (χ4n) is 2.68. The van der Waals surface area contributed by atoms with Gasteiger partial charge in [-0.25, -0.2) is 4.98 Å². The van der Waals surface area contributed by atoms with Crippen LogP contribution in [0.15, 0.2) is 48.5 Å². The highest BCUT2D eigenvalue weighted by Crippen LogP contribution is 2.27. The first kappa shape index (κ1) is 16.0. The number of hydrogen-bond donors (Lipinski definition) is 0. The molecule has 0 N–H and O–H groups in total. The fraction of sp³-hybridized carbons (Fsp3) is 0.105. The molecule has 4 rings (SSSR count).